The summed E-state index contributed by atoms with van der Waals surface area (Å²) in [7, 11) is 4.13. The summed E-state index contributed by atoms with van der Waals surface area (Å²) in [5.41, 5.74) is 1.08. The molecule has 1 aliphatic heterocycles. The van der Waals surface area contributed by atoms with Crippen LogP contribution in [0, 0.1) is 5.92 Å². The minimum atomic E-state index is -1.26. The predicted molar refractivity (Wildman–Crippen MR) is 85.3 cm³/mol. The van der Waals surface area contributed by atoms with Crippen LogP contribution in [0.3, 0.4) is 0 Å². The summed E-state index contributed by atoms with van der Waals surface area (Å²) in [5.74, 6) is -2.17. The monoisotopic (exact) mass is 338 g/mol. The molecule has 1 fully saturated rings. The number of carboxylic acid groups (broad SMARTS) is 2. The summed E-state index contributed by atoms with van der Waals surface area (Å²) >= 11 is 0. The molecule has 0 spiro atoms. The number of hydrogen-bond donors (Lipinski definition) is 2. The molecule has 0 aliphatic carbocycles. The van der Waals surface area contributed by atoms with E-state index >= 15 is 0 Å². The molecule has 1 aromatic rings. The van der Waals surface area contributed by atoms with E-state index in [1.165, 1.54) is 0 Å². The molecule has 1 aliphatic rings. The molecule has 0 saturated carbocycles. The number of aromatic nitrogens is 1. The number of rotatable bonds is 5. The number of carboxylic acids is 2. The first-order valence-corrected chi connectivity index (χ1v) is 7.28. The maximum absolute atomic E-state index is 9.55. The molecule has 0 aromatic carbocycles. The normalized spacial score (nSPS) is 16.5. The van der Waals surface area contributed by atoms with Crippen LogP contribution >= 0.6 is 0 Å². The third kappa shape index (κ3) is 7.32. The second-order valence-electron chi connectivity index (χ2n) is 5.29. The quantitative estimate of drug-likeness (QED) is 0.766. The first kappa shape index (κ1) is 19.8. The maximum atomic E-state index is 9.55. The summed E-state index contributed by atoms with van der Waals surface area (Å²) in [6, 6.07) is 6.26. The second kappa shape index (κ2) is 10.5. The van der Waals surface area contributed by atoms with Crippen LogP contribution in [-0.4, -0.2) is 66.1 Å². The van der Waals surface area contributed by atoms with Crippen LogP contribution in [0.2, 0.25) is 0 Å². The molecule has 132 valence electrons. The lowest BCUT2D eigenvalue weighted by atomic mass is 9.96. The van der Waals surface area contributed by atoms with Crippen molar-refractivity contribution in [3.05, 3.63) is 42.2 Å². The molecule has 2 N–H and O–H groups in total. The van der Waals surface area contributed by atoms with Crippen molar-refractivity contribution < 1.29 is 29.3 Å². The van der Waals surface area contributed by atoms with Gasteiger partial charge in [0.15, 0.2) is 0 Å². The van der Waals surface area contributed by atoms with Gasteiger partial charge in [-0.1, -0.05) is 6.07 Å². The molecule has 8 heteroatoms. The predicted octanol–water partition coefficient (Wildman–Crippen LogP) is 1.02. The summed E-state index contributed by atoms with van der Waals surface area (Å²) in [6.45, 7) is 1.89. The minimum absolute atomic E-state index is 0.251. The number of hydrogen-bond acceptors (Lipinski definition) is 6. The fourth-order valence-electron chi connectivity index (χ4n) is 2.31. The van der Waals surface area contributed by atoms with Crippen molar-refractivity contribution in [2.24, 2.45) is 5.92 Å². The van der Waals surface area contributed by atoms with Crippen LogP contribution < -0.4 is 0 Å². The molecule has 0 radical (unpaired) electrons. The van der Waals surface area contributed by atoms with Gasteiger partial charge >= 0.3 is 11.9 Å². The Labute approximate surface area is 140 Å². The lowest BCUT2D eigenvalue weighted by Gasteiger charge is -2.33. The lowest BCUT2D eigenvalue weighted by Crippen LogP contribution is -2.36. The van der Waals surface area contributed by atoms with Crippen molar-refractivity contribution in [3.8, 4) is 0 Å². The summed E-state index contributed by atoms with van der Waals surface area (Å²) < 4.78 is 10.7. The first-order chi connectivity index (χ1) is 11.4. The summed E-state index contributed by atoms with van der Waals surface area (Å²) in [6.07, 6.45) is 2.95. The van der Waals surface area contributed by atoms with Gasteiger partial charge in [0.05, 0.1) is 24.9 Å². The van der Waals surface area contributed by atoms with E-state index in [0.717, 1.165) is 18.9 Å². The molecular weight excluding hydrogens is 316 g/mol. The van der Waals surface area contributed by atoms with Crippen LogP contribution in [0.25, 0.3) is 0 Å². The Bertz CT molecular complexity index is 525. The van der Waals surface area contributed by atoms with Gasteiger partial charge in [0, 0.05) is 24.3 Å². The zero-order chi connectivity index (χ0) is 17.9. The van der Waals surface area contributed by atoms with Crippen molar-refractivity contribution >= 4 is 11.9 Å². The molecule has 24 heavy (non-hydrogen) atoms. The van der Waals surface area contributed by atoms with Crippen LogP contribution in [0.1, 0.15) is 11.7 Å². The SMILES string of the molecule is CN(C)C(c1ccccn1)C1COCOC1.O=C(O)/C=C\C(=O)O. The maximum Gasteiger partial charge on any atom is 0.328 e. The molecule has 1 unspecified atom stereocenters. The van der Waals surface area contributed by atoms with E-state index in [1.807, 2.05) is 18.3 Å². The topological polar surface area (TPSA) is 109 Å². The average Bonchev–Trinajstić information content (AvgIpc) is 2.55. The zero-order valence-electron chi connectivity index (χ0n) is 13.7. The fraction of sp³-hybridized carbons (Fsp3) is 0.438. The van der Waals surface area contributed by atoms with Gasteiger partial charge in [0.1, 0.15) is 6.79 Å². The largest absolute Gasteiger partial charge is 0.478 e. The fourth-order valence-corrected chi connectivity index (χ4v) is 2.31. The first-order valence-electron chi connectivity index (χ1n) is 7.28. The lowest BCUT2D eigenvalue weighted by molar-refractivity contribution is -0.139. The van der Waals surface area contributed by atoms with Gasteiger partial charge in [-0.05, 0) is 26.2 Å². The summed E-state index contributed by atoms with van der Waals surface area (Å²) in [5, 5.41) is 15.6. The number of aliphatic carboxylic acids is 2. The molecule has 2 heterocycles. The molecule has 1 atom stereocenters. The Morgan fingerprint density at radius 3 is 2.21 bits per heavy atom. The minimum Gasteiger partial charge on any atom is -0.478 e. The average molecular weight is 338 g/mol. The van der Waals surface area contributed by atoms with Crippen LogP contribution in [0.15, 0.2) is 36.5 Å². The van der Waals surface area contributed by atoms with Gasteiger partial charge in [-0.3, -0.25) is 4.98 Å². The van der Waals surface area contributed by atoms with Gasteiger partial charge in [-0.2, -0.15) is 0 Å². The molecular formula is C16H22N2O6. The van der Waals surface area contributed by atoms with Gasteiger partial charge < -0.3 is 24.6 Å². The second-order valence-corrected chi connectivity index (χ2v) is 5.29. The Morgan fingerprint density at radius 2 is 1.79 bits per heavy atom. The highest BCUT2D eigenvalue weighted by Crippen LogP contribution is 2.27. The van der Waals surface area contributed by atoms with E-state index in [4.69, 9.17) is 19.7 Å². The van der Waals surface area contributed by atoms with Gasteiger partial charge in [0.2, 0.25) is 0 Å². The molecule has 8 nitrogen and oxygen atoms in total. The highest BCUT2D eigenvalue weighted by molar-refractivity contribution is 5.89. The van der Waals surface area contributed by atoms with E-state index in [-0.39, 0.29) is 6.04 Å². The number of pyridine rings is 1. The summed E-state index contributed by atoms with van der Waals surface area (Å²) in [4.78, 5) is 25.7. The van der Waals surface area contributed by atoms with E-state index in [9.17, 15) is 9.59 Å². The third-order valence-corrected chi connectivity index (χ3v) is 3.19. The Kier molecular flexibility index (Phi) is 8.63. The molecule has 0 amide bonds. The van der Waals surface area contributed by atoms with E-state index in [0.29, 0.717) is 24.9 Å². The smallest absolute Gasteiger partial charge is 0.328 e. The Morgan fingerprint density at radius 1 is 1.21 bits per heavy atom. The van der Waals surface area contributed by atoms with Crippen LogP contribution in [0.5, 0.6) is 0 Å². The van der Waals surface area contributed by atoms with Crippen molar-refractivity contribution in [3.63, 3.8) is 0 Å². The zero-order valence-corrected chi connectivity index (χ0v) is 13.7. The van der Waals surface area contributed by atoms with Gasteiger partial charge in [-0.15, -0.1) is 0 Å². The van der Waals surface area contributed by atoms with E-state index in [2.05, 4.69) is 30.0 Å². The third-order valence-electron chi connectivity index (χ3n) is 3.19. The molecule has 1 saturated heterocycles. The Hall–Kier alpha value is -2.29. The molecule has 0 bridgehead atoms. The van der Waals surface area contributed by atoms with E-state index in [1.54, 1.807) is 0 Å². The molecule has 1 aromatic heterocycles. The van der Waals surface area contributed by atoms with Crippen molar-refractivity contribution in [2.75, 3.05) is 34.1 Å². The molecule has 2 rings (SSSR count). The van der Waals surface area contributed by atoms with Crippen molar-refractivity contribution in [1.82, 2.24) is 9.88 Å². The Balaban J connectivity index is 0.000000307. The van der Waals surface area contributed by atoms with E-state index < -0.39 is 11.9 Å². The highest BCUT2D eigenvalue weighted by Gasteiger charge is 2.28. The van der Waals surface area contributed by atoms with Crippen molar-refractivity contribution in [1.29, 1.82) is 0 Å². The van der Waals surface area contributed by atoms with Crippen LogP contribution in [0.4, 0.5) is 0 Å². The van der Waals surface area contributed by atoms with Crippen LogP contribution in [-0.2, 0) is 19.1 Å². The highest BCUT2D eigenvalue weighted by atomic mass is 16.7. The number of carbonyl (C=O) groups is 2. The van der Waals surface area contributed by atoms with Gasteiger partial charge in [0.25, 0.3) is 0 Å². The van der Waals surface area contributed by atoms with Gasteiger partial charge in [-0.25, -0.2) is 9.59 Å². The standard InChI is InChI=1S/C12H18N2O2.C4H4O4/c1-14(2)12(10-7-15-9-16-8-10)11-5-3-4-6-13-11;5-3(6)1-2-4(7)8/h3-6,10,12H,7-9H2,1-2H3;1-2H,(H,5,6)(H,7,8)/b;2-1-. The number of nitrogens with zero attached hydrogens (tertiary/aromatic N) is 2. The number of ether oxygens (including phenoxy) is 2. The van der Waals surface area contributed by atoms with Crippen molar-refractivity contribution in [2.45, 2.75) is 6.04 Å².